The average molecular weight is 152 g/mol. The first-order valence-corrected chi connectivity index (χ1v) is 3.35. The topological polar surface area (TPSA) is 29.5 Å². The van der Waals surface area contributed by atoms with E-state index in [1.807, 2.05) is 0 Å². The normalized spacial score (nSPS) is 21.1. The van der Waals surface area contributed by atoms with Crippen LogP contribution in [0.4, 0.5) is 4.39 Å². The summed E-state index contributed by atoms with van der Waals surface area (Å²) in [6.07, 6.45) is -0.870. The number of aliphatic hydroxyl groups is 1. The second-order valence-corrected chi connectivity index (χ2v) is 2.51. The smallest absolute Gasteiger partial charge is 0.313 e. The van der Waals surface area contributed by atoms with Crippen LogP contribution in [0.3, 0.4) is 0 Å². The Kier molecular flexibility index (Phi) is 1.44. The van der Waals surface area contributed by atoms with Gasteiger partial charge in [-0.2, -0.15) is 0 Å². The lowest BCUT2D eigenvalue weighted by Gasteiger charge is -2.01. The molecule has 1 heterocycles. The van der Waals surface area contributed by atoms with Crippen molar-refractivity contribution in [3.63, 3.8) is 0 Å². The third-order valence-electron chi connectivity index (χ3n) is 1.77. The summed E-state index contributed by atoms with van der Waals surface area (Å²) < 4.78 is 17.4. The Morgan fingerprint density at radius 1 is 1.55 bits per heavy atom. The van der Waals surface area contributed by atoms with Gasteiger partial charge in [0.25, 0.3) is 0 Å². The van der Waals surface area contributed by atoms with Gasteiger partial charge < -0.3 is 9.76 Å². The number of hydrogen-bond donors (Lipinski definition) is 1. The van der Waals surface area contributed by atoms with E-state index in [4.69, 9.17) is 9.76 Å². The Balaban J connectivity index is 2.50. The number of hydrogen-bond acceptors (Lipinski definition) is 2. The van der Waals surface area contributed by atoms with Crippen LogP contribution in [0.25, 0.3) is 0 Å². The molecular weight excluding hydrogens is 146 g/mol. The van der Waals surface area contributed by atoms with E-state index in [-0.39, 0.29) is 5.82 Å². The molecule has 0 radical (unpaired) electrons. The van der Waals surface area contributed by atoms with Crippen LogP contribution in [0.5, 0.6) is 0 Å². The molecule has 1 aliphatic heterocycles. The molecule has 0 bridgehead atoms. The van der Waals surface area contributed by atoms with E-state index >= 15 is 0 Å². The highest BCUT2D eigenvalue weighted by molar-refractivity contribution is 6.49. The number of rotatable bonds is 0. The molecule has 1 aromatic rings. The van der Waals surface area contributed by atoms with E-state index in [0.717, 1.165) is 5.46 Å². The first-order valence-electron chi connectivity index (χ1n) is 3.35. The van der Waals surface area contributed by atoms with Crippen LogP contribution in [0.2, 0.25) is 0 Å². The predicted octanol–water partition coefficient (Wildman–Crippen LogP) is -0.176. The van der Waals surface area contributed by atoms with Gasteiger partial charge in [-0.05, 0) is 17.6 Å². The van der Waals surface area contributed by atoms with Crippen molar-refractivity contribution in [1.29, 1.82) is 0 Å². The van der Waals surface area contributed by atoms with Gasteiger partial charge in [0.1, 0.15) is 5.82 Å². The molecule has 1 aromatic carbocycles. The minimum Gasteiger partial charge on any atom is -0.408 e. The van der Waals surface area contributed by atoms with Gasteiger partial charge in [0.15, 0.2) is 6.29 Å². The third kappa shape index (κ3) is 1.04. The fraction of sp³-hybridized carbons (Fsp3) is 0.143. The second-order valence-electron chi connectivity index (χ2n) is 2.51. The standard InChI is InChI=1S/C7H6BFO2/c9-4-1-2-5-6(3-4)8-11-7(5)10/h1-3,7-8,10H. The molecule has 4 heteroatoms. The van der Waals surface area contributed by atoms with Crippen molar-refractivity contribution >= 4 is 12.9 Å². The summed E-state index contributed by atoms with van der Waals surface area (Å²) in [7, 11) is 0.300. The molecule has 2 nitrogen and oxygen atoms in total. The number of aliphatic hydroxyl groups excluding tert-OH is 1. The van der Waals surface area contributed by atoms with E-state index in [9.17, 15) is 4.39 Å². The molecule has 0 amide bonds. The zero-order valence-electron chi connectivity index (χ0n) is 5.75. The Morgan fingerprint density at radius 3 is 3.18 bits per heavy atom. The van der Waals surface area contributed by atoms with E-state index in [2.05, 4.69) is 0 Å². The minimum absolute atomic E-state index is 0.290. The molecule has 1 unspecified atom stereocenters. The fourth-order valence-electron chi connectivity index (χ4n) is 1.20. The van der Waals surface area contributed by atoms with Gasteiger partial charge in [0.2, 0.25) is 0 Å². The van der Waals surface area contributed by atoms with Gasteiger partial charge >= 0.3 is 7.48 Å². The number of benzene rings is 1. The SMILES string of the molecule is OC1OBc2cc(F)ccc21. The molecule has 11 heavy (non-hydrogen) atoms. The zero-order chi connectivity index (χ0) is 7.84. The van der Waals surface area contributed by atoms with Crippen molar-refractivity contribution < 1.29 is 14.2 Å². The average Bonchev–Trinajstić information content (AvgIpc) is 2.32. The van der Waals surface area contributed by atoms with Crippen molar-refractivity contribution in [3.8, 4) is 0 Å². The molecule has 1 aliphatic rings. The first kappa shape index (κ1) is 6.82. The Hall–Kier alpha value is -0.865. The van der Waals surface area contributed by atoms with Crippen molar-refractivity contribution in [3.05, 3.63) is 29.6 Å². The lowest BCUT2D eigenvalue weighted by Crippen LogP contribution is -2.11. The van der Waals surface area contributed by atoms with Crippen LogP contribution in [-0.2, 0) is 4.65 Å². The summed E-state index contributed by atoms with van der Waals surface area (Å²) in [4.78, 5) is 0. The molecule has 56 valence electrons. The highest BCUT2D eigenvalue weighted by Crippen LogP contribution is 2.17. The third-order valence-corrected chi connectivity index (χ3v) is 1.77. The summed E-state index contributed by atoms with van der Waals surface area (Å²) >= 11 is 0. The summed E-state index contributed by atoms with van der Waals surface area (Å²) in [5.74, 6) is -0.290. The molecule has 1 N–H and O–H groups in total. The van der Waals surface area contributed by atoms with Crippen LogP contribution in [0.1, 0.15) is 11.9 Å². The molecule has 2 rings (SSSR count). The molecule has 0 saturated heterocycles. The summed E-state index contributed by atoms with van der Waals surface area (Å²) in [5, 5.41) is 9.13. The van der Waals surface area contributed by atoms with Crippen LogP contribution in [0, 0.1) is 5.82 Å². The second kappa shape index (κ2) is 2.32. The van der Waals surface area contributed by atoms with Crippen molar-refractivity contribution in [2.45, 2.75) is 6.29 Å². The maximum Gasteiger partial charge on any atom is 0.313 e. The van der Waals surface area contributed by atoms with E-state index in [1.165, 1.54) is 12.1 Å². The number of halogens is 1. The molecule has 0 spiro atoms. The van der Waals surface area contributed by atoms with Gasteiger partial charge in [-0.15, -0.1) is 0 Å². The summed E-state index contributed by atoms with van der Waals surface area (Å²) in [6.45, 7) is 0. The molecule has 0 aromatic heterocycles. The van der Waals surface area contributed by atoms with Gasteiger partial charge in [0.05, 0.1) is 0 Å². The molecule has 0 aliphatic carbocycles. The molecule has 1 atom stereocenters. The zero-order valence-corrected chi connectivity index (χ0v) is 5.75. The van der Waals surface area contributed by atoms with E-state index in [1.54, 1.807) is 6.07 Å². The predicted molar refractivity (Wildman–Crippen MR) is 39.2 cm³/mol. The first-order chi connectivity index (χ1) is 5.27. The van der Waals surface area contributed by atoms with Crippen LogP contribution in [0.15, 0.2) is 18.2 Å². The lowest BCUT2D eigenvalue weighted by molar-refractivity contribution is -0.00795. The van der Waals surface area contributed by atoms with Crippen molar-refractivity contribution in [2.75, 3.05) is 0 Å². The van der Waals surface area contributed by atoms with Gasteiger partial charge in [-0.3, -0.25) is 0 Å². The monoisotopic (exact) mass is 152 g/mol. The van der Waals surface area contributed by atoms with Gasteiger partial charge in [0, 0.05) is 5.56 Å². The minimum atomic E-state index is -0.870. The highest BCUT2D eigenvalue weighted by atomic mass is 19.1. The molecular formula is C7H6BFO2. The van der Waals surface area contributed by atoms with Crippen LogP contribution >= 0.6 is 0 Å². The summed E-state index contributed by atoms with van der Waals surface area (Å²) in [5.41, 5.74) is 1.41. The van der Waals surface area contributed by atoms with Gasteiger partial charge in [-0.25, -0.2) is 4.39 Å². The Bertz CT molecular complexity index is 290. The summed E-state index contributed by atoms with van der Waals surface area (Å²) in [6, 6.07) is 4.24. The quantitative estimate of drug-likeness (QED) is 0.522. The van der Waals surface area contributed by atoms with Crippen LogP contribution in [-0.4, -0.2) is 12.6 Å². The molecule has 0 saturated carbocycles. The van der Waals surface area contributed by atoms with E-state index < -0.39 is 6.29 Å². The van der Waals surface area contributed by atoms with Crippen molar-refractivity contribution in [1.82, 2.24) is 0 Å². The Morgan fingerprint density at radius 2 is 2.36 bits per heavy atom. The van der Waals surface area contributed by atoms with Crippen LogP contribution < -0.4 is 5.46 Å². The highest BCUT2D eigenvalue weighted by Gasteiger charge is 2.21. The fourth-order valence-corrected chi connectivity index (χ4v) is 1.20. The number of fused-ring (bicyclic) bond motifs is 1. The van der Waals surface area contributed by atoms with Gasteiger partial charge in [-0.1, -0.05) is 6.07 Å². The van der Waals surface area contributed by atoms with E-state index in [0.29, 0.717) is 13.0 Å². The maximum atomic E-state index is 12.6. The molecule has 0 fully saturated rings. The maximum absolute atomic E-state index is 12.6. The van der Waals surface area contributed by atoms with Crippen molar-refractivity contribution in [2.24, 2.45) is 0 Å². The Labute approximate surface area is 63.9 Å². The largest absolute Gasteiger partial charge is 0.408 e. The lowest BCUT2D eigenvalue weighted by atomic mass is 9.87.